The van der Waals surface area contributed by atoms with Gasteiger partial charge in [0.2, 0.25) is 5.91 Å². The summed E-state index contributed by atoms with van der Waals surface area (Å²) in [6.07, 6.45) is 4.01. The van der Waals surface area contributed by atoms with Gasteiger partial charge in [-0.1, -0.05) is 26.0 Å². The van der Waals surface area contributed by atoms with Crippen molar-refractivity contribution >= 4 is 11.6 Å². The third-order valence-corrected chi connectivity index (χ3v) is 6.64. The molecule has 0 aliphatic carbocycles. The Bertz CT molecular complexity index is 1070. The van der Waals surface area contributed by atoms with Crippen LogP contribution in [0.3, 0.4) is 0 Å². The molecule has 1 aromatic heterocycles. The van der Waals surface area contributed by atoms with Gasteiger partial charge in [-0.15, -0.1) is 0 Å². The van der Waals surface area contributed by atoms with E-state index in [1.807, 2.05) is 18.0 Å². The predicted molar refractivity (Wildman–Crippen MR) is 143 cm³/mol. The quantitative estimate of drug-likeness (QED) is 0.430. The van der Waals surface area contributed by atoms with Gasteiger partial charge in [-0.3, -0.25) is 14.7 Å². The van der Waals surface area contributed by atoms with Crippen LogP contribution in [0.1, 0.15) is 44.5 Å². The van der Waals surface area contributed by atoms with Crippen molar-refractivity contribution in [2.24, 2.45) is 11.6 Å². The number of hydrazine groups is 1. The van der Waals surface area contributed by atoms with Crippen LogP contribution >= 0.6 is 0 Å². The molecule has 1 fully saturated rings. The number of hydrogen-bond donors (Lipinski definition) is 3. The first kappa shape index (κ1) is 27.6. The number of pyridine rings is 1. The molecule has 1 aromatic carbocycles. The largest absolute Gasteiger partial charge is 0.403 e. The monoisotopic (exact) mass is 497 g/mol. The molecule has 0 bridgehead atoms. The maximum absolute atomic E-state index is 13.2. The van der Waals surface area contributed by atoms with Gasteiger partial charge >= 0.3 is 0 Å². The first-order valence-corrected chi connectivity index (χ1v) is 12.4. The van der Waals surface area contributed by atoms with E-state index in [2.05, 4.69) is 37.1 Å². The van der Waals surface area contributed by atoms with Gasteiger partial charge in [-0.05, 0) is 49.6 Å². The molecule has 196 valence electrons. The minimum absolute atomic E-state index is 0.131. The highest BCUT2D eigenvalue weighted by Gasteiger charge is 2.40. The highest BCUT2D eigenvalue weighted by molar-refractivity contribution is 5.97. The molecule has 1 unspecified atom stereocenters. The highest BCUT2D eigenvalue weighted by atomic mass is 19.1. The Labute approximate surface area is 214 Å². The van der Waals surface area contributed by atoms with E-state index in [1.54, 1.807) is 19.2 Å². The summed E-state index contributed by atoms with van der Waals surface area (Å²) in [4.78, 5) is 22.0. The molecule has 1 amide bonds. The van der Waals surface area contributed by atoms with Crippen molar-refractivity contribution in [1.29, 1.82) is 0 Å². The van der Waals surface area contributed by atoms with Crippen molar-refractivity contribution < 1.29 is 9.18 Å². The molecule has 2 aliphatic rings. The number of hydrogen-bond acceptors (Lipinski definition) is 7. The second kappa shape index (κ2) is 11.8. The van der Waals surface area contributed by atoms with E-state index in [-0.39, 0.29) is 17.1 Å². The predicted octanol–water partition coefficient (Wildman–Crippen LogP) is 2.34. The lowest BCUT2D eigenvalue weighted by Gasteiger charge is -2.32. The molecule has 9 heteroatoms. The molecule has 2 aromatic rings. The van der Waals surface area contributed by atoms with E-state index in [0.29, 0.717) is 25.6 Å². The number of nitrogens with one attached hydrogen (secondary N) is 1. The second-order valence-corrected chi connectivity index (χ2v) is 10.4. The number of piperazine rings is 1. The fourth-order valence-electron chi connectivity index (χ4n) is 4.48. The number of aromatic nitrogens is 1. The Balaban J connectivity index is 0.000000454. The number of fused-ring (bicyclic) bond motifs is 1. The minimum Gasteiger partial charge on any atom is -0.403 e. The van der Waals surface area contributed by atoms with Gasteiger partial charge in [0.05, 0.1) is 17.9 Å². The lowest BCUT2D eigenvalue weighted by atomic mass is 9.91. The van der Waals surface area contributed by atoms with Gasteiger partial charge in [0.25, 0.3) is 0 Å². The number of carbonyl (C=O) groups is 1. The van der Waals surface area contributed by atoms with Crippen molar-refractivity contribution in [1.82, 2.24) is 20.2 Å². The zero-order chi connectivity index (χ0) is 26.5. The molecule has 2 aliphatic heterocycles. The topological polar surface area (TPSA) is 104 Å². The first-order valence-electron chi connectivity index (χ1n) is 12.4. The van der Waals surface area contributed by atoms with Gasteiger partial charge in [0, 0.05) is 62.8 Å². The van der Waals surface area contributed by atoms with Crippen LogP contribution in [0, 0.1) is 5.82 Å². The van der Waals surface area contributed by atoms with Gasteiger partial charge in [0.1, 0.15) is 5.82 Å². The molecule has 36 heavy (non-hydrogen) atoms. The lowest BCUT2D eigenvalue weighted by molar-refractivity contribution is -0.120. The van der Waals surface area contributed by atoms with E-state index < -0.39 is 0 Å². The van der Waals surface area contributed by atoms with E-state index in [1.165, 1.54) is 23.3 Å². The summed E-state index contributed by atoms with van der Waals surface area (Å²) < 4.78 is 13.2. The van der Waals surface area contributed by atoms with Crippen molar-refractivity contribution in [3.63, 3.8) is 0 Å². The van der Waals surface area contributed by atoms with Crippen LogP contribution in [0.4, 0.5) is 10.1 Å². The smallest absolute Gasteiger partial charge is 0.241 e. The molecule has 0 saturated carbocycles. The standard InChI is InChI=1S/C23H29FN4O.C4H11N3/c1-16-13-27(9-8-25-16)14-21(29)28-15-23(2,3)22-20(28)11-18(12-26-22)10-17-4-6-19(24)7-5-17;1-4(3-5)7(2)6/h4-7,11-12,16,25H,8-10,13-15H2,1-3H3;3H,5-6H2,1-2H3/b;4-3-. The summed E-state index contributed by atoms with van der Waals surface area (Å²) in [5, 5.41) is 4.88. The third-order valence-electron chi connectivity index (χ3n) is 6.64. The number of benzene rings is 1. The van der Waals surface area contributed by atoms with E-state index in [9.17, 15) is 9.18 Å². The van der Waals surface area contributed by atoms with E-state index in [0.717, 1.165) is 47.8 Å². The number of rotatable bonds is 5. The van der Waals surface area contributed by atoms with E-state index >= 15 is 0 Å². The summed E-state index contributed by atoms with van der Waals surface area (Å²) in [7, 11) is 1.73. The van der Waals surface area contributed by atoms with Crippen LogP contribution in [-0.2, 0) is 16.6 Å². The average Bonchev–Trinajstić information content (AvgIpc) is 3.10. The lowest BCUT2D eigenvalue weighted by Crippen LogP contribution is -2.52. The van der Waals surface area contributed by atoms with Crippen molar-refractivity contribution in [2.75, 3.05) is 44.7 Å². The van der Waals surface area contributed by atoms with Gasteiger partial charge in [0.15, 0.2) is 0 Å². The van der Waals surface area contributed by atoms with Crippen LogP contribution in [0.15, 0.2) is 48.4 Å². The van der Waals surface area contributed by atoms with Crippen LogP contribution < -0.4 is 21.8 Å². The fourth-order valence-corrected chi connectivity index (χ4v) is 4.48. The number of halogens is 1. The summed E-state index contributed by atoms with van der Waals surface area (Å²) in [6, 6.07) is 9.02. The first-order chi connectivity index (χ1) is 17.0. The van der Waals surface area contributed by atoms with Crippen molar-refractivity contribution in [2.45, 2.75) is 45.6 Å². The number of nitrogens with two attached hydrogens (primary N) is 2. The number of nitrogens with zero attached hydrogens (tertiary/aromatic N) is 4. The van der Waals surface area contributed by atoms with Crippen LogP contribution in [0.25, 0.3) is 0 Å². The Morgan fingerprint density at radius 3 is 2.58 bits per heavy atom. The zero-order valence-electron chi connectivity index (χ0n) is 22.1. The van der Waals surface area contributed by atoms with Gasteiger partial charge < -0.3 is 21.0 Å². The average molecular weight is 498 g/mol. The molecular weight excluding hydrogens is 457 g/mol. The normalized spacial score (nSPS) is 19.4. The SMILES string of the molecule is C/C(=C/N)N(C)N.CC1CN(CC(=O)N2CC(C)(C)c3ncc(Cc4ccc(F)cc4)cc32)CCN1. The van der Waals surface area contributed by atoms with Crippen LogP contribution in [0.5, 0.6) is 0 Å². The molecule has 1 atom stereocenters. The third kappa shape index (κ3) is 7.02. The van der Waals surface area contributed by atoms with Crippen molar-refractivity contribution in [3.05, 3.63) is 71.1 Å². The van der Waals surface area contributed by atoms with Crippen LogP contribution in [0.2, 0.25) is 0 Å². The molecule has 8 nitrogen and oxygen atoms in total. The summed E-state index contributed by atoms with van der Waals surface area (Å²) in [5.41, 5.74) is 9.73. The molecule has 5 N–H and O–H groups in total. The molecule has 4 rings (SSSR count). The number of anilines is 1. The summed E-state index contributed by atoms with van der Waals surface area (Å²) >= 11 is 0. The van der Waals surface area contributed by atoms with Crippen LogP contribution in [-0.4, -0.2) is 66.6 Å². The molecule has 1 saturated heterocycles. The molecular formula is C27H40FN7O. The summed E-state index contributed by atoms with van der Waals surface area (Å²) in [6.45, 7) is 12.0. The van der Waals surface area contributed by atoms with E-state index in [4.69, 9.17) is 16.6 Å². The number of allylic oxidation sites excluding steroid dienone is 1. The number of amides is 1. The fraction of sp³-hybridized carbons (Fsp3) is 0.481. The molecule has 0 radical (unpaired) electrons. The Morgan fingerprint density at radius 2 is 2.00 bits per heavy atom. The highest BCUT2D eigenvalue weighted by Crippen LogP contribution is 2.39. The summed E-state index contributed by atoms with van der Waals surface area (Å²) in [5.74, 6) is 5.13. The van der Waals surface area contributed by atoms with Gasteiger partial charge in [-0.2, -0.15) is 0 Å². The van der Waals surface area contributed by atoms with Gasteiger partial charge in [-0.25, -0.2) is 10.2 Å². The zero-order valence-corrected chi connectivity index (χ0v) is 22.1. The Morgan fingerprint density at radius 1 is 1.31 bits per heavy atom. The maximum Gasteiger partial charge on any atom is 0.241 e. The molecule has 0 spiro atoms. The Hall–Kier alpha value is -3.01. The second-order valence-electron chi connectivity index (χ2n) is 10.4. The molecule has 3 heterocycles. The Kier molecular flexibility index (Phi) is 9.05. The number of carbonyl (C=O) groups excluding carboxylic acids is 1. The van der Waals surface area contributed by atoms with Crippen molar-refractivity contribution in [3.8, 4) is 0 Å². The maximum atomic E-state index is 13.2. The minimum atomic E-state index is -0.235.